The van der Waals surface area contributed by atoms with Crippen molar-refractivity contribution in [2.45, 2.75) is 79.4 Å². The molecule has 0 spiro atoms. The third-order valence-electron chi connectivity index (χ3n) is 9.87. The van der Waals surface area contributed by atoms with Crippen LogP contribution in [0.25, 0.3) is 22.3 Å². The number of aromatic nitrogens is 10. The van der Waals surface area contributed by atoms with Gasteiger partial charge in [0.15, 0.2) is 44.7 Å². The lowest BCUT2D eigenvalue weighted by atomic mass is 10.2. The molecule has 8 aromatic rings. The molecule has 0 fully saturated rings. The Labute approximate surface area is 411 Å². The molecule has 23 nitrogen and oxygen atoms in total. The molecule has 0 unspecified atom stereocenters. The number of primary sulfonamides is 1. The van der Waals surface area contributed by atoms with Gasteiger partial charge in [-0.05, 0) is 69.0 Å². The standard InChI is InChI=1S/C22H27N7O2S.C19H22N8O2S2.2CO2.CH4/c1-6-17-13(3)25-22(32-17)28-21-26-19(18-20(27-21)24-12-29(18)7-2)23-11-14-8-9-15(30-4)16(10-14)31-5;1-4-14-11(2)23-19(30-14)26-18-24-16(15-17(25-18)22-10-27(15)3)21-9-12-5-7-13(8-6-12)31(20,28)29;2*2-1-3;/h8-10,12H,6-7,11H2,1-5H3,(H2,23,25,26,27,28);5-8,10H,4,9H2,1-3H3,(H2,20,28,29)(H2,21,23,24,25,26);;;1H4. The Morgan fingerprint density at radius 2 is 1.14 bits per heavy atom. The van der Waals surface area contributed by atoms with Crippen LogP contribution in [0.3, 0.4) is 0 Å². The Morgan fingerprint density at radius 3 is 1.61 bits per heavy atom. The van der Waals surface area contributed by atoms with Gasteiger partial charge in [0.1, 0.15) is 11.0 Å². The molecule has 6 aromatic heterocycles. The number of sulfonamides is 1. The summed E-state index contributed by atoms with van der Waals surface area (Å²) in [6.45, 7) is 12.0. The zero-order valence-corrected chi connectivity index (χ0v) is 41.2. The number of fused-ring (bicyclic) bond motifs is 2. The number of imidazole rings is 2. The van der Waals surface area contributed by atoms with Gasteiger partial charge in [-0.25, -0.2) is 33.5 Å². The van der Waals surface area contributed by atoms with Crippen molar-refractivity contribution < 1.29 is 37.1 Å². The number of carbonyl (C=O) groups excluding carboxylic acids is 4. The number of nitrogens with zero attached hydrogens (tertiary/aromatic N) is 10. The summed E-state index contributed by atoms with van der Waals surface area (Å²) in [5, 5.41) is 19.8. The summed E-state index contributed by atoms with van der Waals surface area (Å²) < 4.78 is 37.5. The van der Waals surface area contributed by atoms with E-state index in [-0.39, 0.29) is 24.6 Å². The Hall–Kier alpha value is -7.73. The second kappa shape index (κ2) is 25.6. The molecule has 70 heavy (non-hydrogen) atoms. The number of rotatable bonds is 16. The number of anilines is 6. The molecule has 0 aliphatic carbocycles. The van der Waals surface area contributed by atoms with Gasteiger partial charge in [0, 0.05) is 36.4 Å². The molecule has 0 atom stereocenters. The van der Waals surface area contributed by atoms with Crippen LogP contribution in [-0.2, 0) is 68.7 Å². The number of hydrogen-bond donors (Lipinski definition) is 5. The second-order valence-corrected chi connectivity index (χ2v) is 18.0. The number of nitrogens with one attached hydrogen (secondary N) is 4. The summed E-state index contributed by atoms with van der Waals surface area (Å²) in [4.78, 5) is 71.5. The molecule has 2 aromatic carbocycles. The van der Waals surface area contributed by atoms with Crippen LogP contribution in [0.2, 0.25) is 0 Å². The lowest BCUT2D eigenvalue weighted by molar-refractivity contribution is -0.193. The minimum atomic E-state index is -3.72. The van der Waals surface area contributed by atoms with Crippen LogP contribution >= 0.6 is 22.7 Å². The summed E-state index contributed by atoms with van der Waals surface area (Å²) >= 11 is 3.20. The quantitative estimate of drug-likeness (QED) is 0.0671. The number of hydrogen-bond acceptors (Lipinski definition) is 22. The summed E-state index contributed by atoms with van der Waals surface area (Å²) in [5.74, 6) is 3.55. The van der Waals surface area contributed by atoms with Crippen LogP contribution < -0.4 is 35.9 Å². The number of benzene rings is 2. The van der Waals surface area contributed by atoms with Gasteiger partial charge < -0.3 is 29.2 Å². The highest BCUT2D eigenvalue weighted by molar-refractivity contribution is 7.89. The Morgan fingerprint density at radius 1 is 0.671 bits per heavy atom. The van der Waals surface area contributed by atoms with E-state index in [1.807, 2.05) is 48.2 Å². The van der Waals surface area contributed by atoms with E-state index in [0.717, 1.165) is 63.2 Å². The van der Waals surface area contributed by atoms with E-state index >= 15 is 0 Å². The van der Waals surface area contributed by atoms with Gasteiger partial charge in [0.05, 0.1) is 43.2 Å². The van der Waals surface area contributed by atoms with E-state index < -0.39 is 10.0 Å². The fraction of sp³-hybridized carbons (Fsp3) is 0.318. The molecule has 0 amide bonds. The molecule has 0 aliphatic heterocycles. The summed E-state index contributed by atoms with van der Waals surface area (Å²) in [7, 11) is 1.41. The predicted octanol–water partition coefficient (Wildman–Crippen LogP) is 6.71. The van der Waals surface area contributed by atoms with Crippen LogP contribution in [0.4, 0.5) is 33.8 Å². The minimum absolute atomic E-state index is 0. The average molecular weight is 1020 g/mol. The molecule has 370 valence electrons. The van der Waals surface area contributed by atoms with Crippen LogP contribution in [0.5, 0.6) is 11.5 Å². The van der Waals surface area contributed by atoms with Crippen molar-refractivity contribution >= 4 is 101 Å². The average Bonchev–Trinajstić information content (AvgIpc) is 4.12. The number of methoxy groups -OCH3 is 2. The number of thiazole rings is 2. The van der Waals surface area contributed by atoms with Gasteiger partial charge in [-0.2, -0.15) is 39.1 Å². The smallest absolute Gasteiger partial charge is 0.373 e. The lowest BCUT2D eigenvalue weighted by Gasteiger charge is -2.12. The first kappa shape index (κ1) is 54.9. The highest BCUT2D eigenvalue weighted by Gasteiger charge is 2.17. The van der Waals surface area contributed by atoms with Crippen molar-refractivity contribution in [1.29, 1.82) is 0 Å². The van der Waals surface area contributed by atoms with Crippen molar-refractivity contribution in [3.8, 4) is 11.5 Å². The highest BCUT2D eigenvalue weighted by Crippen LogP contribution is 2.31. The van der Waals surface area contributed by atoms with Crippen molar-refractivity contribution in [1.82, 2.24) is 49.0 Å². The number of nitrogens with two attached hydrogens (primary N) is 1. The summed E-state index contributed by atoms with van der Waals surface area (Å²) in [5.41, 5.74) is 6.74. The largest absolute Gasteiger partial charge is 0.493 e. The van der Waals surface area contributed by atoms with E-state index in [9.17, 15) is 8.42 Å². The van der Waals surface area contributed by atoms with E-state index in [1.165, 1.54) is 21.9 Å². The fourth-order valence-corrected chi connectivity index (χ4v) is 8.91. The third kappa shape index (κ3) is 13.9. The Kier molecular flexibility index (Phi) is 20.1. The highest BCUT2D eigenvalue weighted by atomic mass is 32.2. The van der Waals surface area contributed by atoms with Gasteiger partial charge in [-0.1, -0.05) is 39.5 Å². The van der Waals surface area contributed by atoms with E-state index in [2.05, 4.69) is 76.9 Å². The first-order valence-electron chi connectivity index (χ1n) is 20.8. The minimum Gasteiger partial charge on any atom is -0.493 e. The molecule has 6 heterocycles. The zero-order chi connectivity index (χ0) is 50.3. The second-order valence-electron chi connectivity index (χ2n) is 14.3. The van der Waals surface area contributed by atoms with Crippen molar-refractivity contribution in [3.05, 3.63) is 87.4 Å². The lowest BCUT2D eigenvalue weighted by Crippen LogP contribution is -2.12. The van der Waals surface area contributed by atoms with Crippen molar-refractivity contribution in [3.63, 3.8) is 0 Å². The Balaban J connectivity index is 0.000000270. The van der Waals surface area contributed by atoms with Crippen LogP contribution in [-0.4, -0.2) is 83.9 Å². The monoisotopic (exact) mass is 1020 g/mol. The van der Waals surface area contributed by atoms with Crippen LogP contribution in [0.15, 0.2) is 60.0 Å². The van der Waals surface area contributed by atoms with Gasteiger partial charge in [-0.15, -0.1) is 22.7 Å². The topological polar surface area (TPSA) is 308 Å². The first-order chi connectivity index (χ1) is 33.1. The molecule has 8 rings (SSSR count). The molecule has 0 bridgehead atoms. The molecular formula is C44H53N15O8S3. The molecule has 0 aliphatic rings. The first-order valence-corrected chi connectivity index (χ1v) is 24.0. The van der Waals surface area contributed by atoms with Crippen molar-refractivity contribution in [2.75, 3.05) is 35.5 Å². The van der Waals surface area contributed by atoms with E-state index in [1.54, 1.807) is 61.7 Å². The predicted molar refractivity (Wildman–Crippen MR) is 265 cm³/mol. The Bertz CT molecular complexity index is 3180. The maximum absolute atomic E-state index is 11.4. The molecule has 26 heteroatoms. The number of aryl methyl sites for hydroxylation is 6. The zero-order valence-electron chi connectivity index (χ0n) is 38.8. The molecule has 0 radical (unpaired) electrons. The SMILES string of the molecule is C.CCc1sc(Nc2nc(NCc3ccc(OC)c(OC)c3)c3c(ncn3CC)n2)nc1C.CCc1sc(Nc2nc(NCc3ccc(S(N)(=O)=O)cc3)c3c(ncn3C)n2)nc1C.O=C=O.O=C=O. The van der Waals surface area contributed by atoms with Crippen LogP contribution in [0, 0.1) is 13.8 Å². The molecule has 0 saturated carbocycles. The van der Waals surface area contributed by atoms with Crippen molar-refractivity contribution in [2.24, 2.45) is 12.2 Å². The van der Waals surface area contributed by atoms with Gasteiger partial charge >= 0.3 is 12.3 Å². The van der Waals surface area contributed by atoms with E-state index in [4.69, 9.17) is 38.8 Å². The van der Waals surface area contributed by atoms with Gasteiger partial charge in [0.2, 0.25) is 21.9 Å². The maximum atomic E-state index is 11.4. The van der Waals surface area contributed by atoms with Crippen LogP contribution in [0.1, 0.15) is 60.5 Å². The summed E-state index contributed by atoms with van der Waals surface area (Å²) in [6.07, 6.45) is 5.83. The van der Waals surface area contributed by atoms with Gasteiger partial charge in [0.25, 0.3) is 0 Å². The third-order valence-corrected chi connectivity index (χ3v) is 13.2. The normalized spacial score (nSPS) is 10.5. The summed E-state index contributed by atoms with van der Waals surface area (Å²) in [6, 6.07) is 12.2. The maximum Gasteiger partial charge on any atom is 0.373 e. The molecule has 6 N–H and O–H groups in total. The van der Waals surface area contributed by atoms with Gasteiger partial charge in [-0.3, -0.25) is 10.6 Å². The fourth-order valence-electron chi connectivity index (χ4n) is 6.60. The number of ether oxygens (including phenoxy) is 2. The molecular weight excluding hydrogens is 963 g/mol. The van der Waals surface area contributed by atoms with E-state index in [0.29, 0.717) is 59.4 Å². The molecule has 0 saturated heterocycles.